The molecular weight excluding hydrogens is 166 g/mol. The minimum Gasteiger partial charge on any atom is -0.466 e. The third-order valence-corrected chi connectivity index (χ3v) is 2.58. The lowest BCUT2D eigenvalue weighted by molar-refractivity contribution is -0.148. The van der Waals surface area contributed by atoms with Crippen LogP contribution in [0.5, 0.6) is 0 Å². The number of nitrogens with one attached hydrogen (secondary N) is 1. The first-order chi connectivity index (χ1) is 6.16. The van der Waals surface area contributed by atoms with Gasteiger partial charge in [0.1, 0.15) is 0 Å². The SMILES string of the molecule is CCOC(=O)[C@@H]1CCN[C@@H]1C(C)C. The average molecular weight is 185 g/mol. The Labute approximate surface area is 79.8 Å². The van der Waals surface area contributed by atoms with Crippen LogP contribution in [0, 0.1) is 11.8 Å². The molecule has 1 saturated heterocycles. The Hall–Kier alpha value is -0.570. The van der Waals surface area contributed by atoms with Crippen molar-refractivity contribution in [2.45, 2.75) is 33.2 Å². The van der Waals surface area contributed by atoms with Crippen LogP contribution in [-0.2, 0) is 9.53 Å². The van der Waals surface area contributed by atoms with Crippen LogP contribution in [-0.4, -0.2) is 25.2 Å². The summed E-state index contributed by atoms with van der Waals surface area (Å²) in [6.45, 7) is 7.54. The summed E-state index contributed by atoms with van der Waals surface area (Å²) in [4.78, 5) is 11.5. The van der Waals surface area contributed by atoms with Gasteiger partial charge in [-0.3, -0.25) is 4.79 Å². The number of rotatable bonds is 3. The molecule has 3 nitrogen and oxygen atoms in total. The Morgan fingerprint density at radius 1 is 1.62 bits per heavy atom. The van der Waals surface area contributed by atoms with Crippen LogP contribution in [0.25, 0.3) is 0 Å². The molecule has 0 unspecified atom stereocenters. The summed E-state index contributed by atoms with van der Waals surface area (Å²) in [6.07, 6.45) is 0.918. The molecule has 0 aliphatic carbocycles. The standard InChI is InChI=1S/C10H19NO2/c1-4-13-10(12)8-5-6-11-9(8)7(2)3/h7-9,11H,4-6H2,1-3H3/t8-,9-/m1/s1. The molecule has 1 aliphatic rings. The van der Waals surface area contributed by atoms with Gasteiger partial charge in [-0.15, -0.1) is 0 Å². The average Bonchev–Trinajstić information content (AvgIpc) is 2.52. The fraction of sp³-hybridized carbons (Fsp3) is 0.900. The first-order valence-electron chi connectivity index (χ1n) is 5.06. The molecule has 13 heavy (non-hydrogen) atoms. The minimum absolute atomic E-state index is 0.0359. The molecular formula is C10H19NO2. The smallest absolute Gasteiger partial charge is 0.310 e. The van der Waals surface area contributed by atoms with Crippen molar-refractivity contribution in [3.05, 3.63) is 0 Å². The summed E-state index contributed by atoms with van der Waals surface area (Å²) in [7, 11) is 0. The van der Waals surface area contributed by atoms with Crippen molar-refractivity contribution >= 4 is 5.97 Å². The second kappa shape index (κ2) is 4.61. The van der Waals surface area contributed by atoms with Gasteiger partial charge in [0.15, 0.2) is 0 Å². The van der Waals surface area contributed by atoms with Crippen molar-refractivity contribution in [1.82, 2.24) is 5.32 Å². The van der Waals surface area contributed by atoms with Crippen molar-refractivity contribution in [3.63, 3.8) is 0 Å². The van der Waals surface area contributed by atoms with Crippen molar-refractivity contribution in [2.24, 2.45) is 11.8 Å². The summed E-state index contributed by atoms with van der Waals surface area (Å²) < 4.78 is 5.03. The molecule has 1 N–H and O–H groups in total. The van der Waals surface area contributed by atoms with Gasteiger partial charge in [0.25, 0.3) is 0 Å². The molecule has 1 fully saturated rings. The zero-order valence-corrected chi connectivity index (χ0v) is 8.67. The highest BCUT2D eigenvalue weighted by Gasteiger charge is 2.35. The summed E-state index contributed by atoms with van der Waals surface area (Å²) in [5.41, 5.74) is 0. The number of ether oxygens (including phenoxy) is 1. The molecule has 0 bridgehead atoms. The summed E-state index contributed by atoms with van der Waals surface area (Å²) in [5.74, 6) is 0.531. The van der Waals surface area contributed by atoms with E-state index in [2.05, 4.69) is 19.2 Å². The van der Waals surface area contributed by atoms with Gasteiger partial charge in [0, 0.05) is 6.04 Å². The van der Waals surface area contributed by atoms with Crippen molar-refractivity contribution in [3.8, 4) is 0 Å². The molecule has 0 radical (unpaired) electrons. The second-order valence-corrected chi connectivity index (χ2v) is 3.87. The monoisotopic (exact) mass is 185 g/mol. The number of carbonyl (C=O) groups excluding carboxylic acids is 1. The molecule has 0 aromatic heterocycles. The van der Waals surface area contributed by atoms with Crippen LogP contribution in [0.3, 0.4) is 0 Å². The van der Waals surface area contributed by atoms with Gasteiger partial charge in [-0.2, -0.15) is 0 Å². The van der Waals surface area contributed by atoms with E-state index in [0.717, 1.165) is 13.0 Å². The van der Waals surface area contributed by atoms with Gasteiger partial charge >= 0.3 is 5.97 Å². The molecule has 1 rings (SSSR count). The van der Waals surface area contributed by atoms with Crippen molar-refractivity contribution < 1.29 is 9.53 Å². The normalized spacial score (nSPS) is 28.0. The van der Waals surface area contributed by atoms with Gasteiger partial charge in [-0.25, -0.2) is 0 Å². The molecule has 76 valence electrons. The van der Waals surface area contributed by atoms with Crippen molar-refractivity contribution in [1.29, 1.82) is 0 Å². The van der Waals surface area contributed by atoms with Crippen LogP contribution in [0.1, 0.15) is 27.2 Å². The molecule has 3 heteroatoms. The third kappa shape index (κ3) is 2.44. The van der Waals surface area contributed by atoms with Gasteiger partial charge in [0.2, 0.25) is 0 Å². The predicted octanol–water partition coefficient (Wildman–Crippen LogP) is 1.18. The second-order valence-electron chi connectivity index (χ2n) is 3.87. The maximum absolute atomic E-state index is 11.5. The number of hydrogen-bond acceptors (Lipinski definition) is 3. The minimum atomic E-state index is -0.0359. The highest BCUT2D eigenvalue weighted by molar-refractivity contribution is 5.73. The number of esters is 1. The maximum atomic E-state index is 11.5. The van der Waals surface area contributed by atoms with Crippen LogP contribution in [0.4, 0.5) is 0 Å². The Morgan fingerprint density at radius 2 is 2.31 bits per heavy atom. The lowest BCUT2D eigenvalue weighted by Gasteiger charge is -2.21. The lowest BCUT2D eigenvalue weighted by atomic mass is 9.92. The quantitative estimate of drug-likeness (QED) is 0.671. The van der Waals surface area contributed by atoms with E-state index < -0.39 is 0 Å². The van der Waals surface area contributed by atoms with E-state index in [-0.39, 0.29) is 11.9 Å². The van der Waals surface area contributed by atoms with Crippen LogP contribution < -0.4 is 5.32 Å². The van der Waals surface area contributed by atoms with E-state index in [1.54, 1.807) is 0 Å². The number of hydrogen-bond donors (Lipinski definition) is 1. The van der Waals surface area contributed by atoms with E-state index in [4.69, 9.17) is 4.74 Å². The molecule has 0 amide bonds. The van der Waals surface area contributed by atoms with Crippen molar-refractivity contribution in [2.75, 3.05) is 13.2 Å². The Morgan fingerprint density at radius 3 is 2.85 bits per heavy atom. The largest absolute Gasteiger partial charge is 0.466 e. The van der Waals surface area contributed by atoms with Crippen LogP contribution in [0.2, 0.25) is 0 Å². The molecule has 0 aromatic carbocycles. The van der Waals surface area contributed by atoms with E-state index in [1.807, 2.05) is 6.92 Å². The van der Waals surface area contributed by atoms with Crippen LogP contribution in [0.15, 0.2) is 0 Å². The first kappa shape index (κ1) is 10.5. The van der Waals surface area contributed by atoms with E-state index in [9.17, 15) is 4.79 Å². The Balaban J connectivity index is 2.52. The fourth-order valence-corrected chi connectivity index (χ4v) is 1.94. The zero-order chi connectivity index (χ0) is 9.84. The van der Waals surface area contributed by atoms with E-state index in [0.29, 0.717) is 18.6 Å². The van der Waals surface area contributed by atoms with Gasteiger partial charge in [0.05, 0.1) is 12.5 Å². The fourth-order valence-electron chi connectivity index (χ4n) is 1.94. The van der Waals surface area contributed by atoms with E-state index >= 15 is 0 Å². The molecule has 0 spiro atoms. The van der Waals surface area contributed by atoms with Gasteiger partial charge in [-0.05, 0) is 25.8 Å². The topological polar surface area (TPSA) is 38.3 Å². The molecule has 1 heterocycles. The van der Waals surface area contributed by atoms with Gasteiger partial charge in [-0.1, -0.05) is 13.8 Å². The molecule has 0 saturated carbocycles. The zero-order valence-electron chi connectivity index (χ0n) is 8.67. The highest BCUT2D eigenvalue weighted by atomic mass is 16.5. The number of carbonyl (C=O) groups is 1. The summed E-state index contributed by atoms with van der Waals surface area (Å²) in [6, 6.07) is 0.305. The first-order valence-corrected chi connectivity index (χ1v) is 5.06. The molecule has 0 aromatic rings. The maximum Gasteiger partial charge on any atom is 0.310 e. The highest BCUT2D eigenvalue weighted by Crippen LogP contribution is 2.22. The van der Waals surface area contributed by atoms with E-state index in [1.165, 1.54) is 0 Å². The van der Waals surface area contributed by atoms with Gasteiger partial charge < -0.3 is 10.1 Å². The Kier molecular flexibility index (Phi) is 3.72. The lowest BCUT2D eigenvalue weighted by Crippen LogP contribution is -2.36. The molecule has 2 atom stereocenters. The summed E-state index contributed by atoms with van der Waals surface area (Å²) in [5, 5.41) is 3.34. The molecule has 1 aliphatic heterocycles. The summed E-state index contributed by atoms with van der Waals surface area (Å²) >= 11 is 0. The Bertz CT molecular complexity index is 180. The van der Waals surface area contributed by atoms with Crippen LogP contribution >= 0.6 is 0 Å². The third-order valence-electron chi connectivity index (χ3n) is 2.58. The predicted molar refractivity (Wildman–Crippen MR) is 51.4 cm³/mol.